The molecule has 4 rings (SSSR count). The van der Waals surface area contributed by atoms with Gasteiger partial charge in [-0.1, -0.05) is 29.3 Å². The van der Waals surface area contributed by atoms with Crippen LogP contribution in [0.1, 0.15) is 27.2 Å². The van der Waals surface area contributed by atoms with Crippen LogP contribution in [0.15, 0.2) is 48.5 Å². The van der Waals surface area contributed by atoms with Crippen molar-refractivity contribution in [1.29, 1.82) is 5.26 Å². The van der Waals surface area contributed by atoms with Crippen molar-refractivity contribution in [2.24, 2.45) is 0 Å². The molecule has 0 spiro atoms. The normalized spacial score (nSPS) is 10.8. The lowest BCUT2D eigenvalue weighted by Crippen LogP contribution is -2.24. The number of carbonyl (C=O) groups is 1. The summed E-state index contributed by atoms with van der Waals surface area (Å²) in [6.07, 6.45) is 0. The number of amides is 1. The number of aromatic nitrogens is 1. The lowest BCUT2D eigenvalue weighted by molar-refractivity contribution is 0.0945. The topological polar surface area (TPSA) is 98.1 Å². The highest BCUT2D eigenvalue weighted by Gasteiger charge is 2.19. The molecule has 0 saturated carbocycles. The summed E-state index contributed by atoms with van der Waals surface area (Å²) in [6.45, 7) is 1.65. The van der Waals surface area contributed by atoms with Crippen molar-refractivity contribution in [1.82, 2.24) is 10.3 Å². The molecule has 33 heavy (non-hydrogen) atoms. The fraction of sp³-hybridized carbons (Fsp3) is 0.0833. The molecule has 0 radical (unpaired) electrons. The summed E-state index contributed by atoms with van der Waals surface area (Å²) >= 11 is 12.1. The number of nitriles is 1. The molecular formula is C24H16Cl2FN3O3. The SMILES string of the molecule is Cc1c(C(=O)NCc2ccc(Cl)c(Oc3cc(Cl)cc(C#N)c3)c2F)[nH]c2cc(O)ccc12. The molecule has 3 aromatic carbocycles. The highest BCUT2D eigenvalue weighted by Crippen LogP contribution is 2.35. The molecule has 0 bridgehead atoms. The minimum Gasteiger partial charge on any atom is -0.508 e. The van der Waals surface area contributed by atoms with Crippen LogP contribution in [0.5, 0.6) is 17.2 Å². The third kappa shape index (κ3) is 4.58. The minimum atomic E-state index is -0.750. The Bertz CT molecular complexity index is 1440. The Balaban J connectivity index is 1.56. The Morgan fingerprint density at radius 1 is 1.21 bits per heavy atom. The van der Waals surface area contributed by atoms with Crippen LogP contribution >= 0.6 is 23.2 Å². The summed E-state index contributed by atoms with van der Waals surface area (Å²) in [4.78, 5) is 15.7. The molecule has 0 aliphatic heterocycles. The van der Waals surface area contributed by atoms with Gasteiger partial charge in [-0.05, 0) is 48.9 Å². The first-order valence-corrected chi connectivity index (χ1v) is 10.5. The van der Waals surface area contributed by atoms with Gasteiger partial charge in [0.1, 0.15) is 17.2 Å². The van der Waals surface area contributed by atoms with E-state index in [1.807, 2.05) is 6.07 Å². The molecule has 9 heteroatoms. The van der Waals surface area contributed by atoms with E-state index in [1.54, 1.807) is 13.0 Å². The zero-order chi connectivity index (χ0) is 23.7. The van der Waals surface area contributed by atoms with Crippen molar-refractivity contribution in [2.45, 2.75) is 13.5 Å². The quantitative estimate of drug-likeness (QED) is 0.313. The fourth-order valence-electron chi connectivity index (χ4n) is 3.42. The number of nitrogens with one attached hydrogen (secondary N) is 2. The second kappa shape index (κ2) is 9.02. The van der Waals surface area contributed by atoms with Gasteiger partial charge in [0.2, 0.25) is 0 Å². The Hall–Kier alpha value is -3.73. The zero-order valence-electron chi connectivity index (χ0n) is 17.2. The Morgan fingerprint density at radius 2 is 2.00 bits per heavy atom. The third-order valence-electron chi connectivity index (χ3n) is 5.06. The number of aryl methyl sites for hydroxylation is 1. The number of aromatic hydroxyl groups is 1. The first kappa shape index (κ1) is 22.5. The van der Waals surface area contributed by atoms with Crippen LogP contribution in [-0.4, -0.2) is 16.0 Å². The van der Waals surface area contributed by atoms with Gasteiger partial charge in [0.05, 0.1) is 16.7 Å². The maximum Gasteiger partial charge on any atom is 0.268 e. The number of hydrogen-bond donors (Lipinski definition) is 3. The lowest BCUT2D eigenvalue weighted by Gasteiger charge is -2.13. The van der Waals surface area contributed by atoms with Crippen molar-refractivity contribution in [3.05, 3.63) is 86.8 Å². The summed E-state index contributed by atoms with van der Waals surface area (Å²) in [5.41, 5.74) is 2.03. The molecule has 0 atom stereocenters. The second-order valence-corrected chi connectivity index (χ2v) is 8.12. The van der Waals surface area contributed by atoms with Gasteiger partial charge in [-0.3, -0.25) is 4.79 Å². The van der Waals surface area contributed by atoms with Gasteiger partial charge in [0.15, 0.2) is 11.6 Å². The lowest BCUT2D eigenvalue weighted by atomic mass is 10.1. The van der Waals surface area contributed by atoms with Crippen LogP contribution in [-0.2, 0) is 6.54 Å². The smallest absolute Gasteiger partial charge is 0.268 e. The van der Waals surface area contributed by atoms with Gasteiger partial charge in [-0.15, -0.1) is 0 Å². The summed E-state index contributed by atoms with van der Waals surface area (Å²) in [7, 11) is 0. The van der Waals surface area contributed by atoms with E-state index in [4.69, 9.17) is 33.2 Å². The van der Waals surface area contributed by atoms with Crippen molar-refractivity contribution in [2.75, 3.05) is 0 Å². The largest absolute Gasteiger partial charge is 0.508 e. The molecular weight excluding hydrogens is 468 g/mol. The van der Waals surface area contributed by atoms with Crippen LogP contribution in [0.3, 0.4) is 0 Å². The molecule has 1 amide bonds. The number of halogens is 3. The standard InChI is InChI=1S/C24H16Cl2FN3O3/c1-12-18-4-3-16(31)9-20(18)30-22(12)24(32)29-11-14-2-5-19(26)23(21(14)27)33-17-7-13(10-28)6-15(25)8-17/h2-9,30-31H,11H2,1H3,(H,29,32). The van der Waals surface area contributed by atoms with Crippen LogP contribution < -0.4 is 10.1 Å². The number of ether oxygens (including phenoxy) is 1. The first-order chi connectivity index (χ1) is 15.8. The van der Waals surface area contributed by atoms with Crippen molar-refractivity contribution < 1.29 is 19.0 Å². The highest BCUT2D eigenvalue weighted by molar-refractivity contribution is 6.32. The number of nitrogens with zero attached hydrogens (tertiary/aromatic N) is 1. The molecule has 3 N–H and O–H groups in total. The van der Waals surface area contributed by atoms with E-state index in [2.05, 4.69) is 10.3 Å². The average Bonchev–Trinajstić information content (AvgIpc) is 3.11. The molecule has 6 nitrogen and oxygen atoms in total. The van der Waals surface area contributed by atoms with Crippen LogP contribution in [0.2, 0.25) is 10.0 Å². The van der Waals surface area contributed by atoms with Crippen LogP contribution in [0.4, 0.5) is 4.39 Å². The Morgan fingerprint density at radius 3 is 2.76 bits per heavy atom. The van der Waals surface area contributed by atoms with E-state index < -0.39 is 11.7 Å². The van der Waals surface area contributed by atoms with Gasteiger partial charge in [-0.2, -0.15) is 5.26 Å². The van der Waals surface area contributed by atoms with E-state index in [0.29, 0.717) is 16.8 Å². The molecule has 0 aliphatic rings. The summed E-state index contributed by atoms with van der Waals surface area (Å²) in [5.74, 6) is -1.20. The number of rotatable bonds is 5. The molecule has 0 saturated heterocycles. The fourth-order valence-corrected chi connectivity index (χ4v) is 3.83. The maximum atomic E-state index is 15.2. The number of phenolic OH excluding ortho intramolecular Hbond substituents is 1. The summed E-state index contributed by atoms with van der Waals surface area (Å²) in [5, 5.41) is 22.5. The van der Waals surface area contributed by atoms with Gasteiger partial charge in [0, 0.05) is 34.1 Å². The molecule has 1 aromatic heterocycles. The van der Waals surface area contributed by atoms with E-state index in [0.717, 1.165) is 5.39 Å². The predicted molar refractivity (Wildman–Crippen MR) is 124 cm³/mol. The van der Waals surface area contributed by atoms with E-state index in [-0.39, 0.29) is 45.0 Å². The molecule has 1 heterocycles. The number of hydrogen-bond acceptors (Lipinski definition) is 4. The molecule has 4 aromatic rings. The van der Waals surface area contributed by atoms with Crippen molar-refractivity contribution in [3.63, 3.8) is 0 Å². The number of fused-ring (bicyclic) bond motifs is 1. The van der Waals surface area contributed by atoms with Crippen molar-refractivity contribution >= 4 is 40.0 Å². The number of carbonyl (C=O) groups excluding carboxylic acids is 1. The first-order valence-electron chi connectivity index (χ1n) is 9.71. The molecule has 0 unspecified atom stereocenters. The van der Waals surface area contributed by atoms with Gasteiger partial charge in [0.25, 0.3) is 5.91 Å². The number of H-pyrrole nitrogens is 1. The van der Waals surface area contributed by atoms with Crippen molar-refractivity contribution in [3.8, 4) is 23.3 Å². The predicted octanol–water partition coefficient (Wildman–Crippen LogP) is 6.22. The summed E-state index contributed by atoms with van der Waals surface area (Å²) < 4.78 is 20.7. The molecule has 0 aliphatic carbocycles. The average molecular weight is 484 g/mol. The number of phenols is 1. The molecule has 166 valence electrons. The zero-order valence-corrected chi connectivity index (χ0v) is 18.7. The second-order valence-electron chi connectivity index (χ2n) is 7.28. The van der Waals surface area contributed by atoms with E-state index >= 15 is 4.39 Å². The van der Waals surface area contributed by atoms with Gasteiger partial charge < -0.3 is 20.1 Å². The van der Waals surface area contributed by atoms with E-state index in [1.165, 1.54) is 42.5 Å². The summed E-state index contributed by atoms with van der Waals surface area (Å²) in [6, 6.07) is 13.9. The Kier molecular flexibility index (Phi) is 6.14. The monoisotopic (exact) mass is 483 g/mol. The Labute approximate surface area is 198 Å². The molecule has 0 fully saturated rings. The van der Waals surface area contributed by atoms with Gasteiger partial charge >= 0.3 is 0 Å². The van der Waals surface area contributed by atoms with E-state index in [9.17, 15) is 9.90 Å². The third-order valence-corrected chi connectivity index (χ3v) is 5.57. The minimum absolute atomic E-state index is 0.0207. The number of aromatic amines is 1. The van der Waals surface area contributed by atoms with Crippen LogP contribution in [0.25, 0.3) is 10.9 Å². The van der Waals surface area contributed by atoms with Gasteiger partial charge in [-0.25, -0.2) is 4.39 Å². The van der Waals surface area contributed by atoms with Crippen LogP contribution in [0, 0.1) is 24.1 Å². The number of benzene rings is 3. The highest BCUT2D eigenvalue weighted by atomic mass is 35.5. The maximum absolute atomic E-state index is 15.2.